The van der Waals surface area contributed by atoms with E-state index in [2.05, 4.69) is 20.4 Å². The molecule has 1 fully saturated rings. The number of fused-ring (bicyclic) bond motifs is 1. The summed E-state index contributed by atoms with van der Waals surface area (Å²) in [5, 5.41) is 1.99. The number of imidazole rings is 1. The Morgan fingerprint density at radius 1 is 1.23 bits per heavy atom. The summed E-state index contributed by atoms with van der Waals surface area (Å²) >= 11 is 0. The van der Waals surface area contributed by atoms with Gasteiger partial charge in [0.05, 0.1) is 18.2 Å². The van der Waals surface area contributed by atoms with Crippen molar-refractivity contribution in [1.29, 1.82) is 0 Å². The Kier molecular flexibility index (Phi) is 4.53. The zero-order valence-electron chi connectivity index (χ0n) is 14.7. The maximum atomic E-state index is 12.7. The fraction of sp³-hybridized carbons (Fsp3) is 0.316. The minimum Gasteiger partial charge on any atom is -0.497 e. The molecule has 0 aliphatic carbocycles. The van der Waals surface area contributed by atoms with Gasteiger partial charge in [0.1, 0.15) is 17.0 Å². The third-order valence-electron chi connectivity index (χ3n) is 4.58. The maximum absolute atomic E-state index is 12.7. The predicted octanol–water partition coefficient (Wildman–Crippen LogP) is 2.76. The number of nitrogens with one attached hydrogen (secondary N) is 2. The Hall–Kier alpha value is -2.93. The lowest BCUT2D eigenvalue weighted by Crippen LogP contribution is -2.45. The number of H-pyrrole nitrogens is 1. The smallest absolute Gasteiger partial charge is 0.267 e. The molecular weight excluding hydrogens is 330 g/mol. The van der Waals surface area contributed by atoms with Crippen molar-refractivity contribution in [2.24, 2.45) is 0 Å². The van der Waals surface area contributed by atoms with Crippen molar-refractivity contribution in [3.63, 3.8) is 0 Å². The van der Waals surface area contributed by atoms with Crippen LogP contribution in [-0.4, -0.2) is 46.1 Å². The van der Waals surface area contributed by atoms with Crippen LogP contribution in [0.5, 0.6) is 5.75 Å². The lowest BCUT2D eigenvalue weighted by atomic mass is 10.1. The standard InChI is InChI=1S/C19H21N5O2/c1-26-13-8-9-20-16(12-13)18-21-15-7-5-6-14(17(15)22-18)19(25)23-24-10-3-2-4-11-24/h5-9,12H,2-4,10-11H2,1H3,(H,21,22)(H,23,25). The quantitative estimate of drug-likeness (QED) is 0.755. The summed E-state index contributed by atoms with van der Waals surface area (Å²) in [4.78, 5) is 24.9. The van der Waals surface area contributed by atoms with Gasteiger partial charge in [-0.1, -0.05) is 12.5 Å². The molecular formula is C19H21N5O2. The van der Waals surface area contributed by atoms with E-state index in [9.17, 15) is 4.79 Å². The van der Waals surface area contributed by atoms with E-state index >= 15 is 0 Å². The first kappa shape index (κ1) is 16.5. The highest BCUT2D eigenvalue weighted by Gasteiger charge is 2.18. The van der Waals surface area contributed by atoms with Crippen molar-refractivity contribution in [2.75, 3.05) is 20.2 Å². The molecule has 0 bridgehead atoms. The summed E-state index contributed by atoms with van der Waals surface area (Å²) in [6.45, 7) is 1.78. The number of benzene rings is 1. The SMILES string of the molecule is COc1ccnc(-c2nc3c(C(=O)NN4CCCCC4)cccc3[nH]2)c1. The first-order valence-electron chi connectivity index (χ1n) is 8.79. The van der Waals surface area contributed by atoms with Gasteiger partial charge < -0.3 is 9.72 Å². The summed E-state index contributed by atoms with van der Waals surface area (Å²) in [5.74, 6) is 1.18. The van der Waals surface area contributed by atoms with Gasteiger partial charge in [-0.05, 0) is 31.0 Å². The normalized spacial score (nSPS) is 15.1. The summed E-state index contributed by atoms with van der Waals surface area (Å²) in [6, 6.07) is 9.15. The zero-order valence-corrected chi connectivity index (χ0v) is 14.7. The van der Waals surface area contributed by atoms with Crippen LogP contribution in [0.3, 0.4) is 0 Å². The number of hydrogen-bond acceptors (Lipinski definition) is 5. The monoisotopic (exact) mass is 351 g/mol. The van der Waals surface area contributed by atoms with Gasteiger partial charge in [0, 0.05) is 25.4 Å². The van der Waals surface area contributed by atoms with Gasteiger partial charge in [-0.2, -0.15) is 0 Å². The fourth-order valence-electron chi connectivity index (χ4n) is 3.21. The van der Waals surface area contributed by atoms with E-state index in [1.165, 1.54) is 6.42 Å². The molecule has 1 aliphatic rings. The molecule has 26 heavy (non-hydrogen) atoms. The van der Waals surface area contributed by atoms with Gasteiger partial charge >= 0.3 is 0 Å². The number of carbonyl (C=O) groups is 1. The van der Waals surface area contributed by atoms with Crippen molar-refractivity contribution in [1.82, 2.24) is 25.4 Å². The molecule has 4 rings (SSSR count). The number of aromatic nitrogens is 3. The number of nitrogens with zero attached hydrogens (tertiary/aromatic N) is 3. The molecule has 2 aromatic heterocycles. The molecule has 0 spiro atoms. The number of rotatable bonds is 4. The molecule has 1 aliphatic heterocycles. The second-order valence-corrected chi connectivity index (χ2v) is 6.36. The van der Waals surface area contributed by atoms with Crippen LogP contribution in [0, 0.1) is 0 Å². The van der Waals surface area contributed by atoms with E-state index in [0.29, 0.717) is 28.3 Å². The van der Waals surface area contributed by atoms with Crippen LogP contribution < -0.4 is 10.2 Å². The summed E-state index contributed by atoms with van der Waals surface area (Å²) in [5.41, 5.74) is 5.67. The van der Waals surface area contributed by atoms with Crippen LogP contribution in [0.1, 0.15) is 29.6 Å². The van der Waals surface area contributed by atoms with Crippen LogP contribution in [0.4, 0.5) is 0 Å². The van der Waals surface area contributed by atoms with Gasteiger partial charge in [-0.3, -0.25) is 15.2 Å². The third kappa shape index (κ3) is 3.25. The highest BCUT2D eigenvalue weighted by atomic mass is 16.5. The second-order valence-electron chi connectivity index (χ2n) is 6.36. The summed E-state index contributed by atoms with van der Waals surface area (Å²) < 4.78 is 5.25. The highest BCUT2D eigenvalue weighted by molar-refractivity contribution is 6.05. The van der Waals surface area contributed by atoms with E-state index in [1.54, 1.807) is 25.4 Å². The van der Waals surface area contributed by atoms with Crippen molar-refractivity contribution >= 4 is 16.9 Å². The van der Waals surface area contributed by atoms with E-state index in [4.69, 9.17) is 4.74 Å². The molecule has 0 unspecified atom stereocenters. The first-order chi connectivity index (χ1) is 12.7. The van der Waals surface area contributed by atoms with Crippen molar-refractivity contribution < 1.29 is 9.53 Å². The molecule has 2 N–H and O–H groups in total. The Morgan fingerprint density at radius 2 is 2.08 bits per heavy atom. The van der Waals surface area contributed by atoms with Crippen LogP contribution in [-0.2, 0) is 0 Å². The second kappa shape index (κ2) is 7.13. The number of methoxy groups -OCH3 is 1. The average Bonchev–Trinajstić information content (AvgIpc) is 3.13. The summed E-state index contributed by atoms with van der Waals surface area (Å²) in [7, 11) is 1.61. The van der Waals surface area contributed by atoms with Crippen molar-refractivity contribution in [2.45, 2.75) is 19.3 Å². The maximum Gasteiger partial charge on any atom is 0.267 e. The molecule has 3 aromatic rings. The zero-order chi connectivity index (χ0) is 17.9. The minimum atomic E-state index is -0.130. The fourth-order valence-corrected chi connectivity index (χ4v) is 3.21. The van der Waals surface area contributed by atoms with Crippen LogP contribution in [0.25, 0.3) is 22.6 Å². The van der Waals surface area contributed by atoms with Gasteiger partial charge in [0.25, 0.3) is 5.91 Å². The van der Waals surface area contributed by atoms with Crippen LogP contribution in [0.15, 0.2) is 36.5 Å². The number of carbonyl (C=O) groups excluding carboxylic acids is 1. The molecule has 7 heteroatoms. The highest BCUT2D eigenvalue weighted by Crippen LogP contribution is 2.24. The Morgan fingerprint density at radius 3 is 2.88 bits per heavy atom. The molecule has 1 saturated heterocycles. The number of amides is 1. The van der Waals surface area contributed by atoms with E-state index in [0.717, 1.165) is 31.4 Å². The third-order valence-corrected chi connectivity index (χ3v) is 4.58. The summed E-state index contributed by atoms with van der Waals surface area (Å²) in [6.07, 6.45) is 5.11. The number of ether oxygens (including phenoxy) is 1. The lowest BCUT2D eigenvalue weighted by Gasteiger charge is -2.26. The molecule has 0 radical (unpaired) electrons. The van der Waals surface area contributed by atoms with Gasteiger partial charge in [0.2, 0.25) is 0 Å². The largest absolute Gasteiger partial charge is 0.497 e. The molecule has 1 aromatic carbocycles. The topological polar surface area (TPSA) is 83.1 Å². The minimum absolute atomic E-state index is 0.130. The molecule has 7 nitrogen and oxygen atoms in total. The number of pyridine rings is 1. The molecule has 0 saturated carbocycles. The predicted molar refractivity (Wildman–Crippen MR) is 98.8 cm³/mol. The Bertz CT molecular complexity index is 931. The Balaban J connectivity index is 1.65. The average molecular weight is 351 g/mol. The lowest BCUT2D eigenvalue weighted by molar-refractivity contribution is 0.0751. The van der Waals surface area contributed by atoms with Crippen molar-refractivity contribution in [3.8, 4) is 17.3 Å². The molecule has 1 amide bonds. The van der Waals surface area contributed by atoms with Crippen molar-refractivity contribution in [3.05, 3.63) is 42.1 Å². The number of hydrazine groups is 1. The molecule has 3 heterocycles. The van der Waals surface area contributed by atoms with Gasteiger partial charge in [0.15, 0.2) is 5.82 Å². The number of hydrogen-bond donors (Lipinski definition) is 2. The van der Waals surface area contributed by atoms with E-state index in [-0.39, 0.29) is 5.91 Å². The van der Waals surface area contributed by atoms with Gasteiger partial charge in [-0.25, -0.2) is 9.99 Å². The molecule has 0 atom stereocenters. The van der Waals surface area contributed by atoms with Crippen LogP contribution in [0.2, 0.25) is 0 Å². The number of piperidine rings is 1. The van der Waals surface area contributed by atoms with E-state index < -0.39 is 0 Å². The number of para-hydroxylation sites is 1. The Labute approximate surface area is 151 Å². The van der Waals surface area contributed by atoms with Gasteiger partial charge in [-0.15, -0.1) is 0 Å². The van der Waals surface area contributed by atoms with E-state index in [1.807, 2.05) is 23.2 Å². The van der Waals surface area contributed by atoms with Crippen LogP contribution >= 0.6 is 0 Å². The molecule has 134 valence electrons. The first-order valence-corrected chi connectivity index (χ1v) is 8.79. The number of aromatic amines is 1.